The molecule has 0 saturated carbocycles. The Labute approximate surface area is 150 Å². The number of aliphatic imine (C=N–C) groups is 2. The van der Waals surface area contributed by atoms with Gasteiger partial charge in [0.15, 0.2) is 23.3 Å². The largest absolute Gasteiger partial charge is 0.345 e. The van der Waals surface area contributed by atoms with E-state index in [4.69, 9.17) is 0 Å². The maximum absolute atomic E-state index is 13.7. The van der Waals surface area contributed by atoms with Crippen molar-refractivity contribution in [1.29, 1.82) is 0 Å². The van der Waals surface area contributed by atoms with Crippen LogP contribution in [0.4, 0.5) is 14.6 Å². The van der Waals surface area contributed by atoms with E-state index in [0.717, 1.165) is 17.5 Å². The summed E-state index contributed by atoms with van der Waals surface area (Å²) >= 11 is 0. The number of amidine groups is 1. The lowest BCUT2D eigenvalue weighted by molar-refractivity contribution is 0.505. The lowest BCUT2D eigenvalue weighted by Crippen LogP contribution is -2.23. The number of hydrogen-bond acceptors (Lipinski definition) is 4. The van der Waals surface area contributed by atoms with Crippen molar-refractivity contribution in [1.82, 2.24) is 9.97 Å². The van der Waals surface area contributed by atoms with Crippen molar-refractivity contribution in [2.75, 3.05) is 4.90 Å². The molecule has 134 valence electrons. The third kappa shape index (κ3) is 3.24. The molecule has 5 nitrogen and oxygen atoms in total. The molecule has 0 radical (unpaired) electrons. The fourth-order valence-electron chi connectivity index (χ4n) is 3.12. The first-order valence-corrected chi connectivity index (χ1v) is 8.32. The first-order chi connectivity index (χ1) is 12.6. The predicted octanol–water partition coefficient (Wildman–Crippen LogP) is 4.21. The van der Waals surface area contributed by atoms with E-state index in [0.29, 0.717) is 24.0 Å². The van der Waals surface area contributed by atoms with Gasteiger partial charge in [0.2, 0.25) is 0 Å². The predicted molar refractivity (Wildman–Crippen MR) is 98.5 cm³/mol. The number of anilines is 1. The second kappa shape index (κ2) is 7.51. The topological polar surface area (TPSA) is 53.7 Å². The Hall–Kier alpha value is -2.96. The van der Waals surface area contributed by atoms with Gasteiger partial charge >= 0.3 is 0 Å². The lowest BCUT2D eigenvalue weighted by Gasteiger charge is -2.25. The molecule has 0 amide bonds. The molecule has 3 rings (SSSR count). The Balaban J connectivity index is 1.99. The molecule has 0 N–H and O–H groups in total. The van der Waals surface area contributed by atoms with Crippen LogP contribution in [0, 0.1) is 11.6 Å². The van der Waals surface area contributed by atoms with Crippen LogP contribution in [-0.2, 0) is 6.54 Å². The number of allylic oxidation sites excluding steroid dienone is 1. The normalized spacial score (nSPS) is 17.0. The molecule has 1 aromatic carbocycles. The Morgan fingerprint density at radius 1 is 1.38 bits per heavy atom. The molecule has 1 aromatic heterocycles. The van der Waals surface area contributed by atoms with E-state index in [1.54, 1.807) is 24.5 Å². The molecule has 26 heavy (non-hydrogen) atoms. The molecule has 1 aliphatic heterocycles. The van der Waals surface area contributed by atoms with Gasteiger partial charge in [-0.15, -0.1) is 0 Å². The van der Waals surface area contributed by atoms with Gasteiger partial charge in [-0.1, -0.05) is 13.0 Å². The molecular formula is C19H19F2N5. The van der Waals surface area contributed by atoms with Crippen LogP contribution < -0.4 is 4.90 Å². The number of nitrogens with zero attached hydrogens (tertiary/aromatic N) is 5. The highest BCUT2D eigenvalue weighted by Crippen LogP contribution is 2.39. The van der Waals surface area contributed by atoms with E-state index in [-0.39, 0.29) is 6.04 Å². The Morgan fingerprint density at radius 2 is 2.15 bits per heavy atom. The number of halogens is 2. The monoisotopic (exact) mass is 355 g/mol. The van der Waals surface area contributed by atoms with Crippen LogP contribution >= 0.6 is 0 Å². The first kappa shape index (κ1) is 17.8. The average Bonchev–Trinajstić information content (AvgIpc) is 3.00. The van der Waals surface area contributed by atoms with Gasteiger partial charge in [-0.05, 0) is 49.4 Å². The fraction of sp³-hybridized carbons (Fsp3) is 0.263. The maximum Gasteiger partial charge on any atom is 0.199 e. The number of hydrogen-bond donors (Lipinski definition) is 0. The van der Waals surface area contributed by atoms with Crippen LogP contribution in [0.15, 0.2) is 46.7 Å². The summed E-state index contributed by atoms with van der Waals surface area (Å²) in [6, 6.07) is 4.22. The smallest absolute Gasteiger partial charge is 0.199 e. The summed E-state index contributed by atoms with van der Waals surface area (Å²) in [5, 5.41) is 0. The van der Waals surface area contributed by atoms with Crippen LogP contribution in [-0.4, -0.2) is 22.5 Å². The minimum atomic E-state index is -0.833. The Bertz CT molecular complexity index is 891. The summed E-state index contributed by atoms with van der Waals surface area (Å²) < 4.78 is 27.3. The van der Waals surface area contributed by atoms with Crippen LogP contribution in [0.25, 0.3) is 0 Å². The van der Waals surface area contributed by atoms with E-state index >= 15 is 0 Å². The summed E-state index contributed by atoms with van der Waals surface area (Å²) in [7, 11) is 0. The highest BCUT2D eigenvalue weighted by atomic mass is 19.2. The summed E-state index contributed by atoms with van der Waals surface area (Å²) in [6.07, 6.45) is 5.70. The van der Waals surface area contributed by atoms with Gasteiger partial charge in [0.25, 0.3) is 0 Å². The minimum absolute atomic E-state index is 0.0875. The van der Waals surface area contributed by atoms with E-state index in [9.17, 15) is 8.78 Å². The molecule has 0 bridgehead atoms. The molecule has 7 heteroatoms. The van der Waals surface area contributed by atoms with Gasteiger partial charge in [0, 0.05) is 18.9 Å². The zero-order chi connectivity index (χ0) is 18.7. The molecule has 1 aliphatic rings. The molecular weight excluding hydrogens is 336 g/mol. The molecule has 2 heterocycles. The maximum atomic E-state index is 13.7. The standard InChI is InChI=1S/C19H19F2N5/c1-4-7-23-18(22-3)19-24-8-6-17(25-19)26-11-12-9-14(20)15(21)10-13(12)16(26)5-2/h4,6-10,16H,3,5,11H2,1-2H3/b7-4-,23-18?. The van der Waals surface area contributed by atoms with Gasteiger partial charge in [0.05, 0.1) is 6.04 Å². The molecule has 1 unspecified atom stereocenters. The number of rotatable bonds is 4. The van der Waals surface area contributed by atoms with Gasteiger partial charge in [0.1, 0.15) is 5.82 Å². The second-order valence-electron chi connectivity index (χ2n) is 5.85. The van der Waals surface area contributed by atoms with Crippen molar-refractivity contribution in [2.45, 2.75) is 32.9 Å². The van der Waals surface area contributed by atoms with Crippen molar-refractivity contribution >= 4 is 18.4 Å². The third-order valence-electron chi connectivity index (χ3n) is 4.28. The highest BCUT2D eigenvalue weighted by Gasteiger charge is 2.31. The fourth-order valence-corrected chi connectivity index (χ4v) is 3.12. The summed E-state index contributed by atoms with van der Waals surface area (Å²) in [4.78, 5) is 18.8. The SMILES string of the molecule is C=NC(=N/C=C\C)c1nccc(N2Cc3cc(F)c(F)cc3C2CC)n1. The first-order valence-electron chi connectivity index (χ1n) is 8.32. The zero-order valence-corrected chi connectivity index (χ0v) is 14.7. The van der Waals surface area contributed by atoms with Crippen LogP contribution in [0.2, 0.25) is 0 Å². The van der Waals surface area contributed by atoms with Crippen molar-refractivity contribution in [3.63, 3.8) is 0 Å². The van der Waals surface area contributed by atoms with Crippen molar-refractivity contribution in [3.05, 3.63) is 65.3 Å². The van der Waals surface area contributed by atoms with Gasteiger partial charge in [-0.3, -0.25) is 0 Å². The lowest BCUT2D eigenvalue weighted by atomic mass is 10.0. The van der Waals surface area contributed by atoms with Crippen LogP contribution in [0.3, 0.4) is 0 Å². The van der Waals surface area contributed by atoms with Gasteiger partial charge in [-0.2, -0.15) is 0 Å². The summed E-state index contributed by atoms with van der Waals surface area (Å²) in [5.74, 6) is -0.356. The van der Waals surface area contributed by atoms with E-state index in [1.165, 1.54) is 12.1 Å². The highest BCUT2D eigenvalue weighted by molar-refractivity contribution is 5.98. The van der Waals surface area contributed by atoms with E-state index in [2.05, 4.69) is 26.7 Å². The third-order valence-corrected chi connectivity index (χ3v) is 4.28. The zero-order valence-electron chi connectivity index (χ0n) is 14.7. The number of aromatic nitrogens is 2. The van der Waals surface area contributed by atoms with Gasteiger partial charge in [-0.25, -0.2) is 28.7 Å². The Kier molecular flexibility index (Phi) is 5.16. The minimum Gasteiger partial charge on any atom is -0.345 e. The summed E-state index contributed by atoms with van der Waals surface area (Å²) in [5.41, 5.74) is 1.55. The molecule has 0 saturated heterocycles. The van der Waals surface area contributed by atoms with Crippen LogP contribution in [0.1, 0.15) is 43.3 Å². The van der Waals surface area contributed by atoms with Crippen molar-refractivity contribution < 1.29 is 8.78 Å². The Morgan fingerprint density at radius 3 is 2.85 bits per heavy atom. The quantitative estimate of drug-likeness (QED) is 0.610. The van der Waals surface area contributed by atoms with E-state index in [1.807, 2.05) is 18.7 Å². The van der Waals surface area contributed by atoms with Gasteiger partial charge < -0.3 is 4.90 Å². The summed E-state index contributed by atoms with van der Waals surface area (Å²) in [6.45, 7) is 7.80. The average molecular weight is 355 g/mol. The number of fused-ring (bicyclic) bond motifs is 1. The van der Waals surface area contributed by atoms with Crippen molar-refractivity contribution in [2.24, 2.45) is 9.98 Å². The number of benzene rings is 1. The molecule has 0 aliphatic carbocycles. The molecule has 0 fully saturated rings. The van der Waals surface area contributed by atoms with E-state index < -0.39 is 11.6 Å². The van der Waals surface area contributed by atoms with Crippen LogP contribution in [0.5, 0.6) is 0 Å². The molecule has 1 atom stereocenters. The molecule has 0 spiro atoms. The van der Waals surface area contributed by atoms with Crippen molar-refractivity contribution in [3.8, 4) is 0 Å². The molecule has 2 aromatic rings. The second-order valence-corrected chi connectivity index (χ2v) is 5.85.